The SMILES string of the molecule is CNC(CCN1CCCC(O)C1)c1cc(F)cc(F)c1. The van der Waals surface area contributed by atoms with E-state index < -0.39 is 11.6 Å². The summed E-state index contributed by atoms with van der Waals surface area (Å²) in [4.78, 5) is 2.20. The van der Waals surface area contributed by atoms with Crippen molar-refractivity contribution in [3.05, 3.63) is 35.4 Å². The molecule has 2 atom stereocenters. The van der Waals surface area contributed by atoms with Gasteiger partial charge in [0.15, 0.2) is 0 Å². The molecule has 1 aliphatic heterocycles. The van der Waals surface area contributed by atoms with Crippen LogP contribution in [0.25, 0.3) is 0 Å². The zero-order valence-electron chi connectivity index (χ0n) is 11.8. The standard InChI is InChI=1S/C15H22F2N2O/c1-18-15(11-7-12(16)9-13(17)8-11)4-6-19-5-2-3-14(20)10-19/h7-9,14-15,18,20H,2-6,10H2,1H3. The fourth-order valence-corrected chi connectivity index (χ4v) is 2.80. The number of nitrogens with zero attached hydrogens (tertiary/aromatic N) is 1. The van der Waals surface area contributed by atoms with Gasteiger partial charge < -0.3 is 15.3 Å². The first-order valence-corrected chi connectivity index (χ1v) is 7.12. The van der Waals surface area contributed by atoms with E-state index in [9.17, 15) is 13.9 Å². The monoisotopic (exact) mass is 284 g/mol. The predicted octanol–water partition coefficient (Wildman–Crippen LogP) is 2.07. The number of halogens is 2. The summed E-state index contributed by atoms with van der Waals surface area (Å²) in [6.45, 7) is 2.47. The summed E-state index contributed by atoms with van der Waals surface area (Å²) in [5.74, 6) is -1.10. The third-order valence-corrected chi connectivity index (χ3v) is 3.85. The van der Waals surface area contributed by atoms with E-state index in [-0.39, 0.29) is 12.1 Å². The van der Waals surface area contributed by atoms with Crippen LogP contribution >= 0.6 is 0 Å². The Morgan fingerprint density at radius 2 is 2.05 bits per heavy atom. The Kier molecular flexibility index (Phi) is 5.46. The summed E-state index contributed by atoms with van der Waals surface area (Å²) in [7, 11) is 1.79. The molecule has 0 spiro atoms. The van der Waals surface area contributed by atoms with Crippen LogP contribution in [0.15, 0.2) is 18.2 Å². The van der Waals surface area contributed by atoms with Gasteiger partial charge in [-0.05, 0) is 50.6 Å². The summed E-state index contributed by atoms with van der Waals surface area (Å²) in [6.07, 6.45) is 2.37. The van der Waals surface area contributed by atoms with Crippen molar-refractivity contribution in [2.24, 2.45) is 0 Å². The normalized spacial score (nSPS) is 21.9. The molecule has 0 amide bonds. The van der Waals surface area contributed by atoms with Crippen molar-refractivity contribution < 1.29 is 13.9 Å². The molecule has 0 aliphatic carbocycles. The van der Waals surface area contributed by atoms with Crippen molar-refractivity contribution in [1.29, 1.82) is 0 Å². The van der Waals surface area contributed by atoms with E-state index in [1.165, 1.54) is 12.1 Å². The molecule has 1 aliphatic rings. The molecular weight excluding hydrogens is 262 g/mol. The summed E-state index contributed by atoms with van der Waals surface area (Å²) in [6, 6.07) is 3.54. The smallest absolute Gasteiger partial charge is 0.126 e. The average Bonchev–Trinajstić information content (AvgIpc) is 2.38. The lowest BCUT2D eigenvalue weighted by molar-refractivity contribution is 0.0687. The van der Waals surface area contributed by atoms with Crippen LogP contribution in [0.2, 0.25) is 0 Å². The second-order valence-corrected chi connectivity index (χ2v) is 5.43. The van der Waals surface area contributed by atoms with Crippen LogP contribution in [0.3, 0.4) is 0 Å². The van der Waals surface area contributed by atoms with Crippen LogP contribution < -0.4 is 5.32 Å². The molecule has 5 heteroatoms. The highest BCUT2D eigenvalue weighted by Gasteiger charge is 2.19. The Morgan fingerprint density at radius 1 is 1.35 bits per heavy atom. The molecule has 0 aromatic heterocycles. The summed E-state index contributed by atoms with van der Waals surface area (Å²) in [5.41, 5.74) is 0.627. The topological polar surface area (TPSA) is 35.5 Å². The van der Waals surface area contributed by atoms with Gasteiger partial charge in [0.2, 0.25) is 0 Å². The molecular formula is C15H22F2N2O. The number of piperidine rings is 1. The summed E-state index contributed by atoms with van der Waals surface area (Å²) in [5, 5.41) is 12.7. The summed E-state index contributed by atoms with van der Waals surface area (Å²) < 4.78 is 26.5. The van der Waals surface area contributed by atoms with Gasteiger partial charge in [-0.25, -0.2) is 8.78 Å². The number of aliphatic hydroxyl groups excluding tert-OH is 1. The quantitative estimate of drug-likeness (QED) is 0.869. The lowest BCUT2D eigenvalue weighted by Crippen LogP contribution is -2.39. The van der Waals surface area contributed by atoms with Gasteiger partial charge in [0.25, 0.3) is 0 Å². The Labute approximate surface area is 118 Å². The van der Waals surface area contributed by atoms with Crippen LogP contribution in [0.4, 0.5) is 8.78 Å². The Bertz CT molecular complexity index is 422. The lowest BCUT2D eigenvalue weighted by Gasteiger charge is -2.31. The number of hydrogen-bond acceptors (Lipinski definition) is 3. The first-order chi connectivity index (χ1) is 9.58. The summed E-state index contributed by atoms with van der Waals surface area (Å²) >= 11 is 0. The minimum absolute atomic E-state index is 0.0840. The molecule has 3 nitrogen and oxygen atoms in total. The van der Waals surface area contributed by atoms with Gasteiger partial charge in [0.1, 0.15) is 11.6 Å². The zero-order chi connectivity index (χ0) is 14.5. The third-order valence-electron chi connectivity index (χ3n) is 3.85. The number of hydrogen-bond donors (Lipinski definition) is 2. The number of aliphatic hydroxyl groups is 1. The number of benzene rings is 1. The highest BCUT2D eigenvalue weighted by Crippen LogP contribution is 2.20. The third kappa shape index (κ3) is 4.23. The Morgan fingerprint density at radius 3 is 2.65 bits per heavy atom. The van der Waals surface area contributed by atoms with Crippen molar-refractivity contribution in [3.63, 3.8) is 0 Å². The Balaban J connectivity index is 1.94. The van der Waals surface area contributed by atoms with Gasteiger partial charge in [-0.2, -0.15) is 0 Å². The molecule has 0 bridgehead atoms. The zero-order valence-corrected chi connectivity index (χ0v) is 11.8. The van der Waals surface area contributed by atoms with E-state index in [1.54, 1.807) is 7.05 Å². The molecule has 1 aromatic carbocycles. The van der Waals surface area contributed by atoms with Crippen LogP contribution in [0, 0.1) is 11.6 Å². The van der Waals surface area contributed by atoms with Crippen molar-refractivity contribution in [2.75, 3.05) is 26.7 Å². The van der Waals surface area contributed by atoms with Gasteiger partial charge in [0.05, 0.1) is 6.10 Å². The van der Waals surface area contributed by atoms with E-state index in [0.29, 0.717) is 12.1 Å². The maximum absolute atomic E-state index is 13.3. The number of β-amino-alcohol motifs (C(OH)–C–C–N with tert-alkyl or cyclic N) is 1. The van der Waals surface area contributed by atoms with E-state index in [1.807, 2.05) is 0 Å². The highest BCUT2D eigenvalue weighted by molar-refractivity contribution is 5.21. The molecule has 1 saturated heterocycles. The fraction of sp³-hybridized carbons (Fsp3) is 0.600. The molecule has 1 fully saturated rings. The van der Waals surface area contributed by atoms with Crippen molar-refractivity contribution >= 4 is 0 Å². The fourth-order valence-electron chi connectivity index (χ4n) is 2.80. The van der Waals surface area contributed by atoms with Gasteiger partial charge in [-0.15, -0.1) is 0 Å². The van der Waals surface area contributed by atoms with Crippen LogP contribution in [-0.4, -0.2) is 42.8 Å². The highest BCUT2D eigenvalue weighted by atomic mass is 19.1. The van der Waals surface area contributed by atoms with E-state index in [2.05, 4.69) is 10.2 Å². The van der Waals surface area contributed by atoms with Gasteiger partial charge in [0, 0.05) is 25.2 Å². The number of nitrogens with one attached hydrogen (secondary N) is 1. The van der Waals surface area contributed by atoms with E-state index in [0.717, 1.165) is 38.4 Å². The molecule has 2 N–H and O–H groups in total. The maximum atomic E-state index is 13.3. The first-order valence-electron chi connectivity index (χ1n) is 7.12. The first kappa shape index (κ1) is 15.4. The number of likely N-dealkylation sites (tertiary alicyclic amines) is 1. The van der Waals surface area contributed by atoms with Gasteiger partial charge >= 0.3 is 0 Å². The number of rotatable bonds is 5. The van der Waals surface area contributed by atoms with Gasteiger partial charge in [-0.1, -0.05) is 0 Å². The van der Waals surface area contributed by atoms with E-state index >= 15 is 0 Å². The average molecular weight is 284 g/mol. The largest absolute Gasteiger partial charge is 0.392 e. The van der Waals surface area contributed by atoms with Crippen LogP contribution in [0.1, 0.15) is 30.9 Å². The van der Waals surface area contributed by atoms with Gasteiger partial charge in [-0.3, -0.25) is 0 Å². The molecule has 20 heavy (non-hydrogen) atoms. The second-order valence-electron chi connectivity index (χ2n) is 5.43. The van der Waals surface area contributed by atoms with E-state index in [4.69, 9.17) is 0 Å². The molecule has 0 saturated carbocycles. The molecule has 2 unspecified atom stereocenters. The maximum Gasteiger partial charge on any atom is 0.126 e. The molecule has 1 heterocycles. The molecule has 1 aromatic rings. The minimum atomic E-state index is -0.548. The molecule has 2 rings (SSSR count). The van der Waals surface area contributed by atoms with Crippen molar-refractivity contribution in [1.82, 2.24) is 10.2 Å². The Hall–Kier alpha value is -1.04. The van der Waals surface area contributed by atoms with Crippen LogP contribution in [0.5, 0.6) is 0 Å². The lowest BCUT2D eigenvalue weighted by atomic mass is 10.0. The minimum Gasteiger partial charge on any atom is -0.392 e. The predicted molar refractivity (Wildman–Crippen MR) is 74.5 cm³/mol. The second kappa shape index (κ2) is 7.11. The van der Waals surface area contributed by atoms with Crippen LogP contribution in [-0.2, 0) is 0 Å². The van der Waals surface area contributed by atoms with Crippen molar-refractivity contribution in [3.8, 4) is 0 Å². The van der Waals surface area contributed by atoms with Crippen molar-refractivity contribution in [2.45, 2.75) is 31.4 Å². The molecule has 112 valence electrons. The molecule has 0 radical (unpaired) electrons.